The van der Waals surface area contributed by atoms with Crippen LogP contribution in [0.15, 0.2) is 12.3 Å². The van der Waals surface area contributed by atoms with Gasteiger partial charge in [-0.2, -0.15) is 5.26 Å². The molecule has 1 aromatic heterocycles. The third kappa shape index (κ3) is 3.30. The van der Waals surface area contributed by atoms with Crippen LogP contribution in [0.4, 0.5) is 0 Å². The zero-order valence-corrected chi connectivity index (χ0v) is 11.5. The fraction of sp³-hybridized carbons (Fsp3) is 0.600. The molecule has 1 aliphatic rings. The molecule has 2 rings (SSSR count). The van der Waals surface area contributed by atoms with Gasteiger partial charge in [-0.25, -0.2) is 0 Å². The van der Waals surface area contributed by atoms with Crippen LogP contribution in [-0.4, -0.2) is 11.5 Å². The van der Waals surface area contributed by atoms with Crippen molar-refractivity contribution >= 4 is 0 Å². The highest BCUT2D eigenvalue weighted by atomic mass is 14.9. The summed E-state index contributed by atoms with van der Waals surface area (Å²) in [5.41, 5.74) is 2.61. The lowest BCUT2D eigenvalue weighted by Crippen LogP contribution is -2.19. The second-order valence-corrected chi connectivity index (χ2v) is 6.18. The molecule has 0 bridgehead atoms. The van der Waals surface area contributed by atoms with Gasteiger partial charge in [0.25, 0.3) is 0 Å². The Morgan fingerprint density at radius 2 is 2.17 bits per heavy atom. The van der Waals surface area contributed by atoms with E-state index in [-0.39, 0.29) is 5.41 Å². The standard InChI is InChI=1S/C15H21N3/c1-15(2,3)14-13(7-16)6-12(10-18-14)9-17-8-11-4-5-11/h6,10-11,17H,4-5,8-9H2,1-3H3. The number of rotatable bonds is 4. The van der Waals surface area contributed by atoms with Crippen molar-refractivity contribution < 1.29 is 0 Å². The smallest absolute Gasteiger partial charge is 0.101 e. The summed E-state index contributed by atoms with van der Waals surface area (Å²) < 4.78 is 0. The van der Waals surface area contributed by atoms with Crippen LogP contribution in [-0.2, 0) is 12.0 Å². The SMILES string of the molecule is CC(C)(C)c1ncc(CNCC2CC2)cc1C#N. The summed E-state index contributed by atoms with van der Waals surface area (Å²) in [4.78, 5) is 4.47. The Morgan fingerprint density at radius 3 is 2.72 bits per heavy atom. The molecule has 1 heterocycles. The third-order valence-electron chi connectivity index (χ3n) is 3.23. The average Bonchev–Trinajstić information content (AvgIpc) is 3.11. The van der Waals surface area contributed by atoms with Crippen molar-refractivity contribution in [2.45, 2.75) is 45.6 Å². The van der Waals surface area contributed by atoms with Gasteiger partial charge in [0.1, 0.15) is 6.07 Å². The first-order valence-corrected chi connectivity index (χ1v) is 6.61. The molecule has 0 aromatic carbocycles. The second-order valence-electron chi connectivity index (χ2n) is 6.18. The van der Waals surface area contributed by atoms with Gasteiger partial charge < -0.3 is 5.32 Å². The summed E-state index contributed by atoms with van der Waals surface area (Å²) in [6, 6.07) is 4.23. The summed E-state index contributed by atoms with van der Waals surface area (Å²) in [5.74, 6) is 0.877. The maximum absolute atomic E-state index is 9.22. The summed E-state index contributed by atoms with van der Waals surface area (Å²) >= 11 is 0. The van der Waals surface area contributed by atoms with E-state index >= 15 is 0 Å². The summed E-state index contributed by atoms with van der Waals surface area (Å²) in [6.07, 6.45) is 4.61. The molecule has 96 valence electrons. The Balaban J connectivity index is 2.06. The predicted molar refractivity (Wildman–Crippen MR) is 72.1 cm³/mol. The lowest BCUT2D eigenvalue weighted by molar-refractivity contribution is 0.565. The molecule has 0 spiro atoms. The molecular weight excluding hydrogens is 222 g/mol. The number of nitrogens with zero attached hydrogens (tertiary/aromatic N) is 2. The highest BCUT2D eigenvalue weighted by Gasteiger charge is 2.21. The minimum Gasteiger partial charge on any atom is -0.312 e. The van der Waals surface area contributed by atoms with Crippen molar-refractivity contribution in [3.05, 3.63) is 29.1 Å². The molecule has 1 aliphatic carbocycles. The predicted octanol–water partition coefficient (Wildman–Crippen LogP) is 2.75. The molecule has 18 heavy (non-hydrogen) atoms. The summed E-state index contributed by atoms with van der Waals surface area (Å²) in [5, 5.41) is 12.6. The molecule has 0 atom stereocenters. The van der Waals surface area contributed by atoms with E-state index in [4.69, 9.17) is 0 Å². The van der Waals surface area contributed by atoms with Gasteiger partial charge in [0, 0.05) is 18.2 Å². The van der Waals surface area contributed by atoms with Gasteiger partial charge in [0.2, 0.25) is 0 Å². The van der Waals surface area contributed by atoms with E-state index in [0.29, 0.717) is 5.56 Å². The van der Waals surface area contributed by atoms with Crippen molar-refractivity contribution in [3.63, 3.8) is 0 Å². The fourth-order valence-corrected chi connectivity index (χ4v) is 2.03. The zero-order valence-electron chi connectivity index (χ0n) is 11.5. The molecule has 0 aliphatic heterocycles. The van der Waals surface area contributed by atoms with Crippen LogP contribution in [0.5, 0.6) is 0 Å². The lowest BCUT2D eigenvalue weighted by atomic mass is 9.88. The number of hydrogen-bond acceptors (Lipinski definition) is 3. The molecule has 3 nitrogen and oxygen atoms in total. The monoisotopic (exact) mass is 243 g/mol. The highest BCUT2D eigenvalue weighted by Crippen LogP contribution is 2.28. The quantitative estimate of drug-likeness (QED) is 0.884. The van der Waals surface area contributed by atoms with Gasteiger partial charge in [-0.1, -0.05) is 20.8 Å². The van der Waals surface area contributed by atoms with Crippen LogP contribution < -0.4 is 5.32 Å². The largest absolute Gasteiger partial charge is 0.312 e. The van der Waals surface area contributed by atoms with Crippen molar-refractivity contribution in [1.82, 2.24) is 10.3 Å². The minimum absolute atomic E-state index is 0.0783. The Hall–Kier alpha value is -1.40. The topological polar surface area (TPSA) is 48.7 Å². The van der Waals surface area contributed by atoms with Crippen LogP contribution in [0.25, 0.3) is 0 Å². The first kappa shape index (κ1) is 13.0. The zero-order chi connectivity index (χ0) is 13.2. The van der Waals surface area contributed by atoms with Gasteiger partial charge >= 0.3 is 0 Å². The van der Waals surface area contributed by atoms with E-state index in [0.717, 1.165) is 30.3 Å². The number of pyridine rings is 1. The lowest BCUT2D eigenvalue weighted by Gasteiger charge is -2.19. The number of nitrogens with one attached hydrogen (secondary N) is 1. The normalized spacial score (nSPS) is 15.4. The average molecular weight is 243 g/mol. The maximum Gasteiger partial charge on any atom is 0.101 e. The molecule has 1 fully saturated rings. The first-order chi connectivity index (χ1) is 8.50. The van der Waals surface area contributed by atoms with E-state index in [1.54, 1.807) is 0 Å². The van der Waals surface area contributed by atoms with E-state index in [9.17, 15) is 5.26 Å². The molecule has 1 N–H and O–H groups in total. The van der Waals surface area contributed by atoms with Gasteiger partial charge in [-0.3, -0.25) is 4.98 Å². The molecule has 0 amide bonds. The number of aromatic nitrogens is 1. The molecule has 0 radical (unpaired) electrons. The Labute approximate surface area is 109 Å². The Kier molecular flexibility index (Phi) is 3.68. The van der Waals surface area contributed by atoms with Gasteiger partial charge in [0.15, 0.2) is 0 Å². The van der Waals surface area contributed by atoms with Crippen LogP contribution in [0.3, 0.4) is 0 Å². The van der Waals surface area contributed by atoms with E-state index in [1.165, 1.54) is 12.8 Å². The van der Waals surface area contributed by atoms with E-state index < -0.39 is 0 Å². The first-order valence-electron chi connectivity index (χ1n) is 6.61. The third-order valence-corrected chi connectivity index (χ3v) is 3.23. The summed E-state index contributed by atoms with van der Waals surface area (Å²) in [6.45, 7) is 8.15. The van der Waals surface area contributed by atoms with Gasteiger partial charge in [0.05, 0.1) is 11.3 Å². The Morgan fingerprint density at radius 1 is 1.44 bits per heavy atom. The van der Waals surface area contributed by atoms with Crippen LogP contribution in [0.1, 0.15) is 50.4 Å². The van der Waals surface area contributed by atoms with E-state index in [1.807, 2.05) is 12.3 Å². The van der Waals surface area contributed by atoms with Crippen molar-refractivity contribution in [2.24, 2.45) is 5.92 Å². The minimum atomic E-state index is -0.0783. The molecule has 0 unspecified atom stereocenters. The number of hydrogen-bond donors (Lipinski definition) is 1. The number of nitriles is 1. The van der Waals surface area contributed by atoms with Crippen molar-refractivity contribution in [2.75, 3.05) is 6.54 Å². The Bertz CT molecular complexity index is 462. The van der Waals surface area contributed by atoms with E-state index in [2.05, 4.69) is 37.1 Å². The molecule has 1 aromatic rings. The molecular formula is C15H21N3. The molecule has 0 saturated heterocycles. The highest BCUT2D eigenvalue weighted by molar-refractivity contribution is 5.39. The van der Waals surface area contributed by atoms with Gasteiger partial charge in [-0.05, 0) is 36.9 Å². The maximum atomic E-state index is 9.22. The second kappa shape index (κ2) is 5.07. The van der Waals surface area contributed by atoms with Crippen LogP contribution in [0.2, 0.25) is 0 Å². The fourth-order valence-electron chi connectivity index (χ4n) is 2.03. The van der Waals surface area contributed by atoms with Crippen molar-refractivity contribution in [3.8, 4) is 6.07 Å². The summed E-state index contributed by atoms with van der Waals surface area (Å²) in [7, 11) is 0. The van der Waals surface area contributed by atoms with Crippen LogP contribution >= 0.6 is 0 Å². The van der Waals surface area contributed by atoms with Crippen LogP contribution in [0, 0.1) is 17.2 Å². The van der Waals surface area contributed by atoms with Gasteiger partial charge in [-0.15, -0.1) is 0 Å². The van der Waals surface area contributed by atoms with Crippen molar-refractivity contribution in [1.29, 1.82) is 5.26 Å². The molecule has 1 saturated carbocycles. The molecule has 3 heteroatoms.